The van der Waals surface area contributed by atoms with Crippen LogP contribution >= 0.6 is 15.6 Å². The second-order valence-electron chi connectivity index (χ2n) is 28.1. The summed E-state index contributed by atoms with van der Waals surface area (Å²) in [5.41, 5.74) is 0. The van der Waals surface area contributed by atoms with Crippen LogP contribution in [0.25, 0.3) is 0 Å². The molecule has 0 aromatic rings. The summed E-state index contributed by atoms with van der Waals surface area (Å²) >= 11 is 0. The SMILES string of the molecule is CCCCCCCCCCCCCCCCCCCCCCCC(=O)O[C@H](COC(=O)CCCCCCCCCCCCCCC)COP(=O)(O)OC[C@@H](O)COP(=O)(O)OC[C@@H](COC(=O)CCCCCCCCCCCCC)OC(=O)CCCCCCCCCCCCCC. The lowest BCUT2D eigenvalue weighted by atomic mass is 10.0. The summed E-state index contributed by atoms with van der Waals surface area (Å²) in [6.45, 7) is 5.00. The van der Waals surface area contributed by atoms with Crippen LogP contribution in [0.2, 0.25) is 0 Å². The van der Waals surface area contributed by atoms with E-state index in [4.69, 9.17) is 37.0 Å². The van der Waals surface area contributed by atoms with E-state index in [-0.39, 0.29) is 25.7 Å². The van der Waals surface area contributed by atoms with E-state index in [1.165, 1.54) is 250 Å². The molecule has 5 atom stereocenters. The van der Waals surface area contributed by atoms with Crippen molar-refractivity contribution < 1.29 is 80.2 Å². The average molecular weight is 1420 g/mol. The van der Waals surface area contributed by atoms with Crippen LogP contribution in [0.3, 0.4) is 0 Å². The third-order valence-electron chi connectivity index (χ3n) is 18.4. The number of unbranched alkanes of at least 4 members (excludes halogenated alkanes) is 53. The number of ether oxygens (including phenoxy) is 4. The molecule has 2 unspecified atom stereocenters. The molecule has 0 aromatic carbocycles. The normalized spacial score (nSPS) is 13.8. The summed E-state index contributed by atoms with van der Waals surface area (Å²) in [6, 6.07) is 0. The van der Waals surface area contributed by atoms with Crippen LogP contribution in [0, 0.1) is 0 Å². The van der Waals surface area contributed by atoms with Crippen LogP contribution in [0.4, 0.5) is 0 Å². The molecule has 0 aliphatic heterocycles. The fourth-order valence-electron chi connectivity index (χ4n) is 12.1. The summed E-state index contributed by atoms with van der Waals surface area (Å²) in [7, 11) is -9.91. The highest BCUT2D eigenvalue weighted by atomic mass is 31.2. The first kappa shape index (κ1) is 95.1. The molecule has 576 valence electrons. The number of esters is 4. The Morgan fingerprint density at radius 2 is 0.412 bits per heavy atom. The molecule has 17 nitrogen and oxygen atoms in total. The highest BCUT2D eigenvalue weighted by Crippen LogP contribution is 2.45. The highest BCUT2D eigenvalue weighted by Gasteiger charge is 2.30. The first-order valence-corrected chi connectivity index (χ1v) is 43.8. The molecule has 0 rings (SSSR count). The number of hydrogen-bond acceptors (Lipinski definition) is 15. The van der Waals surface area contributed by atoms with E-state index in [2.05, 4.69) is 27.7 Å². The zero-order chi connectivity index (χ0) is 71.1. The van der Waals surface area contributed by atoms with Crippen LogP contribution in [0.15, 0.2) is 0 Å². The van der Waals surface area contributed by atoms with Gasteiger partial charge in [-0.25, -0.2) is 9.13 Å². The molecule has 0 aliphatic rings. The third kappa shape index (κ3) is 72.2. The molecular formula is C78H152O17P2. The van der Waals surface area contributed by atoms with Crippen molar-refractivity contribution in [3.05, 3.63) is 0 Å². The maximum absolute atomic E-state index is 13.1. The molecule has 97 heavy (non-hydrogen) atoms. The van der Waals surface area contributed by atoms with E-state index in [0.717, 1.165) is 89.9 Å². The Labute approximate surface area is 594 Å². The minimum atomic E-state index is -4.96. The number of rotatable bonds is 79. The van der Waals surface area contributed by atoms with Crippen molar-refractivity contribution in [3.63, 3.8) is 0 Å². The summed E-state index contributed by atoms with van der Waals surface area (Å²) in [4.78, 5) is 72.9. The van der Waals surface area contributed by atoms with Crippen LogP contribution in [0.5, 0.6) is 0 Å². The van der Waals surface area contributed by atoms with Crippen LogP contribution in [0.1, 0.15) is 419 Å². The second kappa shape index (κ2) is 72.4. The van der Waals surface area contributed by atoms with Crippen LogP contribution in [-0.4, -0.2) is 96.7 Å². The summed E-state index contributed by atoms with van der Waals surface area (Å²) in [5, 5.41) is 10.6. The van der Waals surface area contributed by atoms with Gasteiger partial charge in [0.1, 0.15) is 19.3 Å². The van der Waals surface area contributed by atoms with E-state index in [0.29, 0.717) is 25.7 Å². The Balaban J connectivity index is 5.20. The van der Waals surface area contributed by atoms with E-state index in [9.17, 15) is 43.2 Å². The fourth-order valence-corrected chi connectivity index (χ4v) is 13.7. The van der Waals surface area contributed by atoms with Crippen LogP contribution in [-0.2, 0) is 65.4 Å². The van der Waals surface area contributed by atoms with Gasteiger partial charge in [0.05, 0.1) is 26.4 Å². The minimum absolute atomic E-state index is 0.108. The molecule has 0 aromatic heterocycles. The van der Waals surface area contributed by atoms with Gasteiger partial charge in [-0.1, -0.05) is 368 Å². The molecule has 0 heterocycles. The molecular weight excluding hydrogens is 1270 g/mol. The van der Waals surface area contributed by atoms with Crippen molar-refractivity contribution in [3.8, 4) is 0 Å². The van der Waals surface area contributed by atoms with Gasteiger partial charge < -0.3 is 33.8 Å². The number of carbonyl (C=O) groups excluding carboxylic acids is 4. The van der Waals surface area contributed by atoms with Gasteiger partial charge in [-0.05, 0) is 25.7 Å². The number of aliphatic hydroxyl groups excluding tert-OH is 1. The fraction of sp³-hybridized carbons (Fsp3) is 0.949. The quantitative estimate of drug-likeness (QED) is 0.0222. The molecule has 0 spiro atoms. The van der Waals surface area contributed by atoms with Gasteiger partial charge in [0.25, 0.3) is 0 Å². The summed E-state index contributed by atoms with van der Waals surface area (Å²) < 4.78 is 68.6. The molecule has 3 N–H and O–H groups in total. The van der Waals surface area contributed by atoms with Crippen molar-refractivity contribution in [2.24, 2.45) is 0 Å². The largest absolute Gasteiger partial charge is 0.472 e. The Morgan fingerprint density at radius 1 is 0.247 bits per heavy atom. The summed E-state index contributed by atoms with van der Waals surface area (Å²) in [5.74, 6) is -2.11. The number of phosphoric acid groups is 2. The van der Waals surface area contributed by atoms with E-state index in [1.807, 2.05) is 0 Å². The molecule has 0 amide bonds. The van der Waals surface area contributed by atoms with Crippen molar-refractivity contribution in [1.82, 2.24) is 0 Å². The zero-order valence-corrected chi connectivity index (χ0v) is 64.8. The maximum atomic E-state index is 13.1. The highest BCUT2D eigenvalue weighted by molar-refractivity contribution is 7.47. The number of hydrogen-bond donors (Lipinski definition) is 3. The Hall–Kier alpha value is -1.94. The smallest absolute Gasteiger partial charge is 0.462 e. The third-order valence-corrected chi connectivity index (χ3v) is 20.3. The first-order chi connectivity index (χ1) is 47.2. The van der Waals surface area contributed by atoms with E-state index in [1.54, 1.807) is 0 Å². The van der Waals surface area contributed by atoms with Crippen molar-refractivity contribution >= 4 is 39.5 Å². The Bertz CT molecular complexity index is 1840. The number of phosphoric ester groups is 2. The predicted octanol–water partition coefficient (Wildman–Crippen LogP) is 23.4. The standard InChI is InChI=1S/C78H152O17P2/c1-5-9-13-17-21-25-29-32-33-34-35-36-37-38-39-41-45-49-53-57-61-65-78(83)95-74(69-89-76(81)63-59-55-51-47-44-40-30-26-22-18-14-10-6-2)71-93-97(86,87)91-67-72(79)66-90-96(84,85)92-70-73(68-88-75(80)62-58-54-50-46-42-28-24-20-16-12-8-4)94-77(82)64-60-56-52-48-43-31-27-23-19-15-11-7-3/h72-74,79H,5-71H2,1-4H3,(H,84,85)(H,86,87)/t72-,73+,74+/m0/s1. The molecule has 19 heteroatoms. The Morgan fingerprint density at radius 3 is 0.608 bits per heavy atom. The molecule has 0 fully saturated rings. The number of carbonyl (C=O) groups is 4. The van der Waals surface area contributed by atoms with Gasteiger partial charge in [0, 0.05) is 25.7 Å². The van der Waals surface area contributed by atoms with E-state index < -0.39 is 97.5 Å². The van der Waals surface area contributed by atoms with Gasteiger partial charge in [-0.3, -0.25) is 37.3 Å². The molecule has 0 saturated carbocycles. The molecule has 0 bridgehead atoms. The van der Waals surface area contributed by atoms with Gasteiger partial charge >= 0.3 is 39.5 Å². The zero-order valence-electron chi connectivity index (χ0n) is 63.1. The summed E-state index contributed by atoms with van der Waals surface area (Å²) in [6.07, 6.45) is 63.7. The van der Waals surface area contributed by atoms with Gasteiger partial charge in [-0.15, -0.1) is 0 Å². The maximum Gasteiger partial charge on any atom is 0.472 e. The predicted molar refractivity (Wildman–Crippen MR) is 395 cm³/mol. The lowest BCUT2D eigenvalue weighted by molar-refractivity contribution is -0.161. The van der Waals surface area contributed by atoms with Gasteiger partial charge in [-0.2, -0.15) is 0 Å². The van der Waals surface area contributed by atoms with Gasteiger partial charge in [0.15, 0.2) is 12.2 Å². The van der Waals surface area contributed by atoms with Crippen LogP contribution < -0.4 is 0 Å². The molecule has 0 radical (unpaired) electrons. The monoisotopic (exact) mass is 1420 g/mol. The second-order valence-corrected chi connectivity index (χ2v) is 31.0. The minimum Gasteiger partial charge on any atom is -0.462 e. The van der Waals surface area contributed by atoms with Gasteiger partial charge in [0.2, 0.25) is 0 Å². The average Bonchev–Trinajstić information content (AvgIpc) is 1.56. The lowest BCUT2D eigenvalue weighted by Gasteiger charge is -2.21. The number of aliphatic hydroxyl groups is 1. The Kier molecular flexibility index (Phi) is 71.0. The van der Waals surface area contributed by atoms with E-state index >= 15 is 0 Å². The lowest BCUT2D eigenvalue weighted by Crippen LogP contribution is -2.30. The van der Waals surface area contributed by atoms with Crippen molar-refractivity contribution in [2.45, 2.75) is 438 Å². The van der Waals surface area contributed by atoms with Crippen molar-refractivity contribution in [2.75, 3.05) is 39.6 Å². The molecule has 0 aliphatic carbocycles. The van der Waals surface area contributed by atoms with Crippen molar-refractivity contribution in [1.29, 1.82) is 0 Å². The molecule has 0 saturated heterocycles. The topological polar surface area (TPSA) is 237 Å². The first-order valence-electron chi connectivity index (χ1n) is 40.8.